The third-order valence-electron chi connectivity index (χ3n) is 4.31. The number of hydrogen-bond donors (Lipinski definition) is 1. The van der Waals surface area contributed by atoms with Gasteiger partial charge in [-0.1, -0.05) is 0 Å². The highest BCUT2D eigenvalue weighted by Crippen LogP contribution is 2.36. The molecule has 0 aromatic carbocycles. The third-order valence-corrected chi connectivity index (χ3v) is 4.31. The monoisotopic (exact) mass is 316 g/mol. The van der Waals surface area contributed by atoms with Crippen LogP contribution in [0.2, 0.25) is 0 Å². The van der Waals surface area contributed by atoms with E-state index in [1.807, 2.05) is 29.6 Å². The van der Waals surface area contributed by atoms with E-state index in [1.165, 1.54) is 12.5 Å². The predicted molar refractivity (Wildman–Crippen MR) is 82.5 cm³/mol. The average Bonchev–Trinajstić information content (AvgIpc) is 3.24. The number of aromatic nitrogens is 2. The van der Waals surface area contributed by atoms with Crippen LogP contribution in [0.3, 0.4) is 0 Å². The summed E-state index contributed by atoms with van der Waals surface area (Å²) in [6.45, 7) is 3.01. The Bertz CT molecular complexity index is 692. The molecule has 3 heterocycles. The molecular formula is C16H20N4O3. The lowest BCUT2D eigenvalue weighted by atomic mass is 9.99. The Morgan fingerprint density at radius 1 is 1.52 bits per heavy atom. The molecule has 3 rings (SSSR count). The van der Waals surface area contributed by atoms with E-state index in [1.54, 1.807) is 12.3 Å². The Morgan fingerprint density at radius 2 is 2.35 bits per heavy atom. The molecular weight excluding hydrogens is 296 g/mol. The summed E-state index contributed by atoms with van der Waals surface area (Å²) < 4.78 is 6.85. The van der Waals surface area contributed by atoms with E-state index < -0.39 is 0 Å². The van der Waals surface area contributed by atoms with Gasteiger partial charge in [-0.05, 0) is 13.0 Å². The second kappa shape index (κ2) is 6.28. The molecule has 23 heavy (non-hydrogen) atoms. The van der Waals surface area contributed by atoms with Crippen LogP contribution in [-0.2, 0) is 11.8 Å². The van der Waals surface area contributed by atoms with E-state index in [9.17, 15) is 9.59 Å². The molecule has 1 aliphatic rings. The summed E-state index contributed by atoms with van der Waals surface area (Å²) in [5.74, 6) is 0.752. The van der Waals surface area contributed by atoms with Gasteiger partial charge >= 0.3 is 0 Å². The number of aryl methyl sites for hydroxylation is 1. The molecule has 2 aromatic heterocycles. The van der Waals surface area contributed by atoms with Crippen LogP contribution < -0.4 is 5.32 Å². The lowest BCUT2D eigenvalue weighted by Gasteiger charge is -2.27. The summed E-state index contributed by atoms with van der Waals surface area (Å²) in [5, 5.41) is 2.89. The number of nitrogens with one attached hydrogen (secondary N) is 1. The van der Waals surface area contributed by atoms with Gasteiger partial charge in [0.2, 0.25) is 5.91 Å². The summed E-state index contributed by atoms with van der Waals surface area (Å²) in [6.07, 6.45) is 6.88. The van der Waals surface area contributed by atoms with Gasteiger partial charge in [-0.25, -0.2) is 4.98 Å². The van der Waals surface area contributed by atoms with Crippen molar-refractivity contribution in [1.29, 1.82) is 0 Å². The molecule has 7 nitrogen and oxygen atoms in total. The molecule has 0 aliphatic carbocycles. The molecule has 1 N–H and O–H groups in total. The number of amides is 2. The first-order chi connectivity index (χ1) is 11.1. The zero-order chi connectivity index (χ0) is 16.4. The molecule has 1 saturated heterocycles. The number of imidazole rings is 1. The fourth-order valence-electron chi connectivity index (χ4n) is 3.15. The van der Waals surface area contributed by atoms with Crippen LogP contribution in [0.15, 0.2) is 35.4 Å². The molecule has 2 atom stereocenters. The Kier molecular flexibility index (Phi) is 4.18. The molecule has 0 radical (unpaired) electrons. The number of hydrogen-bond acceptors (Lipinski definition) is 4. The van der Waals surface area contributed by atoms with Crippen LogP contribution in [0.1, 0.15) is 35.6 Å². The quantitative estimate of drug-likeness (QED) is 0.903. The second-order valence-electron chi connectivity index (χ2n) is 5.71. The maximum absolute atomic E-state index is 12.3. The standard InChI is InChI=1S/C16H20N4O3/c1-3-20-13(21)8-12(14(20)15-17-5-6-19(15)2)9-18-16(22)11-4-7-23-10-11/h4-7,10,12,14H,3,8-9H2,1-2H3,(H,18,22)/t12-,14+/m0/s1. The maximum atomic E-state index is 12.3. The zero-order valence-electron chi connectivity index (χ0n) is 13.2. The first-order valence-corrected chi connectivity index (χ1v) is 7.69. The predicted octanol–water partition coefficient (Wildman–Crippen LogP) is 1.35. The van der Waals surface area contributed by atoms with Crippen molar-refractivity contribution in [3.63, 3.8) is 0 Å². The fourth-order valence-corrected chi connectivity index (χ4v) is 3.15. The molecule has 0 spiro atoms. The highest BCUT2D eigenvalue weighted by molar-refractivity contribution is 5.93. The summed E-state index contributed by atoms with van der Waals surface area (Å²) in [4.78, 5) is 30.6. The van der Waals surface area contributed by atoms with E-state index in [4.69, 9.17) is 4.42 Å². The molecule has 2 amide bonds. The molecule has 122 valence electrons. The smallest absolute Gasteiger partial charge is 0.254 e. The second-order valence-corrected chi connectivity index (χ2v) is 5.71. The van der Waals surface area contributed by atoms with Gasteiger partial charge in [-0.2, -0.15) is 0 Å². The highest BCUT2D eigenvalue weighted by atomic mass is 16.3. The van der Waals surface area contributed by atoms with Crippen molar-refractivity contribution in [2.75, 3.05) is 13.1 Å². The van der Waals surface area contributed by atoms with Gasteiger partial charge in [0.05, 0.1) is 17.9 Å². The van der Waals surface area contributed by atoms with Crippen molar-refractivity contribution < 1.29 is 14.0 Å². The van der Waals surface area contributed by atoms with E-state index in [2.05, 4.69) is 10.3 Å². The summed E-state index contributed by atoms with van der Waals surface area (Å²) in [6, 6.07) is 1.50. The number of furan rings is 1. The van der Waals surface area contributed by atoms with Crippen molar-refractivity contribution in [3.05, 3.63) is 42.4 Å². The van der Waals surface area contributed by atoms with Gasteiger partial charge in [-0.15, -0.1) is 0 Å². The molecule has 2 aromatic rings. The minimum Gasteiger partial charge on any atom is -0.472 e. The van der Waals surface area contributed by atoms with Crippen LogP contribution in [0.25, 0.3) is 0 Å². The highest BCUT2D eigenvalue weighted by Gasteiger charge is 2.41. The summed E-state index contributed by atoms with van der Waals surface area (Å²) in [7, 11) is 1.92. The van der Waals surface area contributed by atoms with Crippen LogP contribution in [0.4, 0.5) is 0 Å². The molecule has 1 aliphatic heterocycles. The van der Waals surface area contributed by atoms with Crippen molar-refractivity contribution in [3.8, 4) is 0 Å². The fraction of sp³-hybridized carbons (Fsp3) is 0.438. The van der Waals surface area contributed by atoms with E-state index in [-0.39, 0.29) is 23.8 Å². The number of nitrogens with zero attached hydrogens (tertiary/aromatic N) is 3. The number of carbonyl (C=O) groups is 2. The minimum absolute atomic E-state index is 0.000555. The van der Waals surface area contributed by atoms with Crippen LogP contribution >= 0.6 is 0 Å². The Morgan fingerprint density at radius 3 is 2.96 bits per heavy atom. The van der Waals surface area contributed by atoms with Gasteiger partial charge < -0.3 is 19.2 Å². The van der Waals surface area contributed by atoms with Gasteiger partial charge in [0.1, 0.15) is 12.1 Å². The molecule has 7 heteroatoms. The van der Waals surface area contributed by atoms with Gasteiger partial charge in [0.25, 0.3) is 5.91 Å². The summed E-state index contributed by atoms with van der Waals surface area (Å²) in [5.41, 5.74) is 0.482. The third kappa shape index (κ3) is 2.86. The largest absolute Gasteiger partial charge is 0.472 e. The topological polar surface area (TPSA) is 80.4 Å². The lowest BCUT2D eigenvalue weighted by Crippen LogP contribution is -2.35. The van der Waals surface area contributed by atoms with Crippen LogP contribution in [0, 0.1) is 5.92 Å². The van der Waals surface area contributed by atoms with Crippen molar-refractivity contribution in [1.82, 2.24) is 19.8 Å². The van der Waals surface area contributed by atoms with Gasteiger partial charge in [0, 0.05) is 44.9 Å². The van der Waals surface area contributed by atoms with Gasteiger partial charge in [-0.3, -0.25) is 9.59 Å². The average molecular weight is 316 g/mol. The minimum atomic E-state index is -0.195. The molecule has 0 unspecified atom stereocenters. The Balaban J connectivity index is 1.75. The van der Waals surface area contributed by atoms with Crippen molar-refractivity contribution in [2.45, 2.75) is 19.4 Å². The van der Waals surface area contributed by atoms with Crippen molar-refractivity contribution >= 4 is 11.8 Å². The zero-order valence-corrected chi connectivity index (χ0v) is 13.2. The molecule has 0 saturated carbocycles. The first kappa shape index (κ1) is 15.3. The SMILES string of the molecule is CCN1C(=O)C[C@@H](CNC(=O)c2ccoc2)[C@@H]1c1nccn1C. The van der Waals surface area contributed by atoms with Crippen LogP contribution in [0.5, 0.6) is 0 Å². The lowest BCUT2D eigenvalue weighted by molar-refractivity contribution is -0.128. The first-order valence-electron chi connectivity index (χ1n) is 7.69. The normalized spacial score (nSPS) is 21.0. The molecule has 1 fully saturated rings. The molecule has 0 bridgehead atoms. The van der Waals surface area contributed by atoms with Crippen LogP contribution in [-0.4, -0.2) is 39.4 Å². The maximum Gasteiger partial charge on any atom is 0.254 e. The van der Waals surface area contributed by atoms with E-state index in [0.29, 0.717) is 25.1 Å². The number of likely N-dealkylation sites (tertiary alicyclic amines) is 1. The Labute approximate surface area is 134 Å². The Hall–Kier alpha value is -2.57. The number of rotatable bonds is 5. The van der Waals surface area contributed by atoms with Gasteiger partial charge in [0.15, 0.2) is 0 Å². The number of carbonyl (C=O) groups excluding carboxylic acids is 2. The van der Waals surface area contributed by atoms with E-state index >= 15 is 0 Å². The van der Waals surface area contributed by atoms with Crippen molar-refractivity contribution in [2.24, 2.45) is 13.0 Å². The summed E-state index contributed by atoms with van der Waals surface area (Å²) >= 11 is 0. The van der Waals surface area contributed by atoms with E-state index in [0.717, 1.165) is 5.82 Å².